The van der Waals surface area contributed by atoms with Crippen molar-refractivity contribution in [3.05, 3.63) is 90.3 Å². The molecule has 3 N–H and O–H groups in total. The summed E-state index contributed by atoms with van der Waals surface area (Å²) in [5.41, 5.74) is 2.01. The number of nitrogens with zero attached hydrogens (tertiary/aromatic N) is 1. The molecule has 3 amide bonds. The average molecular weight is 390 g/mol. The zero-order valence-electron chi connectivity index (χ0n) is 15.8. The third-order valence-electron chi connectivity index (χ3n) is 4.21. The molecule has 1 heterocycles. The minimum absolute atomic E-state index is 0.122. The number of nitrogens with one attached hydrogen (secondary N) is 3. The van der Waals surface area contributed by atoms with Crippen molar-refractivity contribution in [1.29, 1.82) is 0 Å². The third kappa shape index (κ3) is 5.80. The number of aromatic nitrogens is 1. The quantitative estimate of drug-likeness (QED) is 0.512. The van der Waals surface area contributed by atoms with Crippen molar-refractivity contribution in [2.24, 2.45) is 0 Å². The summed E-state index contributed by atoms with van der Waals surface area (Å²) >= 11 is 0. The average Bonchev–Trinajstić information content (AvgIpc) is 3.30. The van der Waals surface area contributed by atoms with E-state index in [1.807, 2.05) is 47.3 Å². The molecular formula is C22H22N4O3. The van der Waals surface area contributed by atoms with Gasteiger partial charge in [0.25, 0.3) is 11.8 Å². The Balaban J connectivity index is 1.35. The zero-order chi connectivity index (χ0) is 20.5. The number of carbonyl (C=O) groups excluding carboxylic acids is 3. The summed E-state index contributed by atoms with van der Waals surface area (Å²) in [5.74, 6) is -0.840. The van der Waals surface area contributed by atoms with Gasteiger partial charge in [-0.25, -0.2) is 0 Å². The monoisotopic (exact) mass is 390 g/mol. The fraction of sp³-hybridized carbons (Fsp3) is 0.136. The van der Waals surface area contributed by atoms with Crippen LogP contribution in [0, 0.1) is 0 Å². The first-order valence-electron chi connectivity index (χ1n) is 9.25. The van der Waals surface area contributed by atoms with Crippen molar-refractivity contribution in [2.75, 3.05) is 19.6 Å². The van der Waals surface area contributed by atoms with Gasteiger partial charge in [-0.1, -0.05) is 18.2 Å². The molecule has 1 aromatic heterocycles. The normalized spacial score (nSPS) is 10.2. The van der Waals surface area contributed by atoms with Crippen LogP contribution in [0.25, 0.3) is 5.69 Å². The maximum Gasteiger partial charge on any atom is 0.251 e. The molecule has 0 spiro atoms. The summed E-state index contributed by atoms with van der Waals surface area (Å²) in [5, 5.41) is 7.95. The molecule has 0 saturated carbocycles. The Morgan fingerprint density at radius 2 is 1.24 bits per heavy atom. The van der Waals surface area contributed by atoms with E-state index in [1.165, 1.54) is 0 Å². The van der Waals surface area contributed by atoms with Crippen molar-refractivity contribution in [3.63, 3.8) is 0 Å². The molecule has 0 saturated heterocycles. The van der Waals surface area contributed by atoms with Crippen molar-refractivity contribution < 1.29 is 14.4 Å². The number of hydrogen-bond donors (Lipinski definition) is 3. The molecule has 0 radical (unpaired) electrons. The Bertz CT molecular complexity index is 951. The predicted molar refractivity (Wildman–Crippen MR) is 110 cm³/mol. The van der Waals surface area contributed by atoms with Crippen LogP contribution < -0.4 is 16.0 Å². The fourth-order valence-electron chi connectivity index (χ4n) is 2.69. The van der Waals surface area contributed by atoms with Crippen LogP contribution in [0.2, 0.25) is 0 Å². The van der Waals surface area contributed by atoms with Gasteiger partial charge in [-0.05, 0) is 48.5 Å². The molecule has 2 aromatic carbocycles. The minimum atomic E-state index is -0.320. The molecule has 0 unspecified atom stereocenters. The first-order valence-corrected chi connectivity index (χ1v) is 9.25. The third-order valence-corrected chi connectivity index (χ3v) is 4.21. The lowest BCUT2D eigenvalue weighted by atomic mass is 10.2. The molecular weight excluding hydrogens is 368 g/mol. The number of carbonyl (C=O) groups is 3. The SMILES string of the molecule is O=C(CNC(=O)c1ccccc1)NCCNC(=O)c1ccc(-n2cccc2)cc1. The number of rotatable bonds is 8. The number of hydrogen-bond acceptors (Lipinski definition) is 3. The molecule has 0 bridgehead atoms. The van der Waals surface area contributed by atoms with Gasteiger partial charge in [0.15, 0.2) is 0 Å². The van der Waals surface area contributed by atoms with Crippen molar-refractivity contribution in [1.82, 2.24) is 20.5 Å². The van der Waals surface area contributed by atoms with Gasteiger partial charge >= 0.3 is 0 Å². The van der Waals surface area contributed by atoms with Crippen LogP contribution in [-0.4, -0.2) is 41.9 Å². The van der Waals surface area contributed by atoms with Crippen LogP contribution in [0.5, 0.6) is 0 Å². The first kappa shape index (κ1) is 19.9. The minimum Gasteiger partial charge on any atom is -0.353 e. The van der Waals surface area contributed by atoms with Gasteiger partial charge in [-0.2, -0.15) is 0 Å². The lowest BCUT2D eigenvalue weighted by molar-refractivity contribution is -0.120. The summed E-state index contributed by atoms with van der Waals surface area (Å²) in [7, 11) is 0. The van der Waals surface area contributed by atoms with Crippen molar-refractivity contribution >= 4 is 17.7 Å². The maximum absolute atomic E-state index is 12.2. The summed E-state index contributed by atoms with van der Waals surface area (Å²) in [6, 6.07) is 19.8. The lowest BCUT2D eigenvalue weighted by Gasteiger charge is -2.09. The van der Waals surface area contributed by atoms with Crippen LogP contribution in [0.15, 0.2) is 79.1 Å². The summed E-state index contributed by atoms with van der Waals surface area (Å²) in [4.78, 5) is 35.8. The molecule has 148 valence electrons. The second-order valence-corrected chi connectivity index (χ2v) is 6.29. The van der Waals surface area contributed by atoms with E-state index in [0.29, 0.717) is 11.1 Å². The van der Waals surface area contributed by atoms with Gasteiger partial charge in [0.05, 0.1) is 6.54 Å². The molecule has 3 aromatic rings. The second kappa shape index (κ2) is 9.89. The van der Waals surface area contributed by atoms with Crippen LogP contribution in [0.1, 0.15) is 20.7 Å². The zero-order valence-corrected chi connectivity index (χ0v) is 15.8. The fourth-order valence-corrected chi connectivity index (χ4v) is 2.69. The summed E-state index contributed by atoms with van der Waals surface area (Å²) in [6.45, 7) is 0.437. The van der Waals surface area contributed by atoms with Gasteiger partial charge in [0.1, 0.15) is 0 Å². The largest absolute Gasteiger partial charge is 0.353 e. The molecule has 7 nitrogen and oxygen atoms in total. The highest BCUT2D eigenvalue weighted by Crippen LogP contribution is 2.09. The van der Waals surface area contributed by atoms with Crippen LogP contribution in [0.4, 0.5) is 0 Å². The van der Waals surface area contributed by atoms with Gasteiger partial charge < -0.3 is 20.5 Å². The predicted octanol–water partition coefficient (Wildman–Crippen LogP) is 1.75. The Kier molecular flexibility index (Phi) is 6.78. The van der Waals surface area contributed by atoms with Crippen molar-refractivity contribution in [2.45, 2.75) is 0 Å². The highest BCUT2D eigenvalue weighted by molar-refractivity contribution is 5.96. The molecule has 7 heteroatoms. The van der Waals surface area contributed by atoms with Crippen LogP contribution in [0.3, 0.4) is 0 Å². The van der Waals surface area contributed by atoms with E-state index in [2.05, 4.69) is 16.0 Å². The van der Waals surface area contributed by atoms with Gasteiger partial charge in [0.2, 0.25) is 5.91 Å². The standard InChI is InChI=1S/C22H22N4O3/c27-20(16-25-22(29)17-6-2-1-3-7-17)23-12-13-24-21(28)18-8-10-19(11-9-18)26-14-4-5-15-26/h1-11,14-15H,12-13,16H2,(H,23,27)(H,24,28)(H,25,29). The number of benzene rings is 2. The molecule has 29 heavy (non-hydrogen) atoms. The number of amides is 3. The van der Waals surface area contributed by atoms with Gasteiger partial charge in [-0.3, -0.25) is 14.4 Å². The highest BCUT2D eigenvalue weighted by Gasteiger charge is 2.08. The van der Waals surface area contributed by atoms with E-state index >= 15 is 0 Å². The van der Waals surface area contributed by atoms with E-state index in [-0.39, 0.29) is 37.4 Å². The van der Waals surface area contributed by atoms with E-state index in [4.69, 9.17) is 0 Å². The van der Waals surface area contributed by atoms with E-state index in [1.54, 1.807) is 36.4 Å². The highest BCUT2D eigenvalue weighted by atomic mass is 16.2. The topological polar surface area (TPSA) is 92.2 Å². The summed E-state index contributed by atoms with van der Waals surface area (Å²) in [6.07, 6.45) is 3.86. The molecule has 0 aliphatic heterocycles. The van der Waals surface area contributed by atoms with Crippen molar-refractivity contribution in [3.8, 4) is 5.69 Å². The van der Waals surface area contributed by atoms with E-state index < -0.39 is 0 Å². The summed E-state index contributed by atoms with van der Waals surface area (Å²) < 4.78 is 1.95. The van der Waals surface area contributed by atoms with E-state index in [0.717, 1.165) is 5.69 Å². The molecule has 3 rings (SSSR count). The smallest absolute Gasteiger partial charge is 0.251 e. The van der Waals surface area contributed by atoms with Crippen LogP contribution in [-0.2, 0) is 4.79 Å². The van der Waals surface area contributed by atoms with Crippen LogP contribution >= 0.6 is 0 Å². The first-order chi connectivity index (χ1) is 14.1. The molecule has 0 aliphatic carbocycles. The van der Waals surface area contributed by atoms with E-state index in [9.17, 15) is 14.4 Å². The maximum atomic E-state index is 12.2. The molecule has 0 atom stereocenters. The van der Waals surface area contributed by atoms with Gasteiger partial charge in [0, 0.05) is 42.3 Å². The molecule has 0 fully saturated rings. The van der Waals surface area contributed by atoms with Gasteiger partial charge in [-0.15, -0.1) is 0 Å². The lowest BCUT2D eigenvalue weighted by Crippen LogP contribution is -2.40. The second-order valence-electron chi connectivity index (χ2n) is 6.29. The Morgan fingerprint density at radius 1 is 0.655 bits per heavy atom. The Labute approximate surface area is 168 Å². The Hall–Kier alpha value is -3.87. The molecule has 0 aliphatic rings. The Morgan fingerprint density at radius 3 is 1.93 bits per heavy atom.